The van der Waals surface area contributed by atoms with Crippen LogP contribution in [-0.4, -0.2) is 43.0 Å². The first-order valence-corrected chi connectivity index (χ1v) is 11.5. The van der Waals surface area contributed by atoms with E-state index in [1.54, 1.807) is 0 Å². The molecule has 170 valence electrons. The fourth-order valence-electron chi connectivity index (χ4n) is 5.40. The summed E-state index contributed by atoms with van der Waals surface area (Å²) in [6, 6.07) is 29.6. The minimum Gasteiger partial charge on any atom is -0.369 e. The number of likely N-dealkylation sites (tertiary alicyclic amines) is 1. The van der Waals surface area contributed by atoms with Gasteiger partial charge in [0.1, 0.15) is 5.41 Å². The molecule has 5 heteroatoms. The molecule has 1 aliphatic rings. The molecule has 3 N–H and O–H groups in total. The van der Waals surface area contributed by atoms with Gasteiger partial charge in [-0.05, 0) is 16.7 Å². The lowest BCUT2D eigenvalue weighted by atomic mass is 9.64. The van der Waals surface area contributed by atoms with Crippen LogP contribution in [0.3, 0.4) is 0 Å². The van der Waals surface area contributed by atoms with E-state index in [1.807, 2.05) is 91.0 Å². The number of likely N-dealkylation sites (N-methyl/N-ethyl adjacent to an activating group) is 1. The molecule has 0 bridgehead atoms. The highest BCUT2D eigenvalue weighted by Gasteiger charge is 2.53. The van der Waals surface area contributed by atoms with Crippen molar-refractivity contribution in [2.45, 2.75) is 18.4 Å². The molecule has 1 fully saturated rings. The molecule has 1 aliphatic heterocycles. The summed E-state index contributed by atoms with van der Waals surface area (Å²) >= 11 is 0. The number of benzene rings is 3. The van der Waals surface area contributed by atoms with Crippen molar-refractivity contribution in [2.24, 2.45) is 11.7 Å². The second-order valence-corrected chi connectivity index (χ2v) is 9.34. The van der Waals surface area contributed by atoms with E-state index in [0.29, 0.717) is 24.1 Å². The summed E-state index contributed by atoms with van der Waals surface area (Å²) in [5.41, 5.74) is 8.16. The molecule has 0 radical (unpaired) electrons. The minimum absolute atomic E-state index is 0.00766. The van der Waals surface area contributed by atoms with Gasteiger partial charge < -0.3 is 15.5 Å². The Kier molecular flexibility index (Phi) is 6.61. The molecule has 1 heterocycles. The average molecular weight is 443 g/mol. The van der Waals surface area contributed by atoms with Crippen molar-refractivity contribution >= 4 is 11.8 Å². The van der Waals surface area contributed by atoms with Crippen molar-refractivity contribution in [1.29, 1.82) is 0 Å². The largest absolute Gasteiger partial charge is 0.369 e. The number of nitrogens with one attached hydrogen (secondary N) is 1. The van der Waals surface area contributed by atoms with Gasteiger partial charge in [-0.15, -0.1) is 0 Å². The molecular formula is C28H32N3O2+. The zero-order valence-corrected chi connectivity index (χ0v) is 19.1. The van der Waals surface area contributed by atoms with Crippen molar-refractivity contribution in [1.82, 2.24) is 5.32 Å². The highest BCUT2D eigenvalue weighted by Crippen LogP contribution is 2.44. The van der Waals surface area contributed by atoms with Gasteiger partial charge in [0.25, 0.3) is 5.91 Å². The maximum absolute atomic E-state index is 13.2. The predicted molar refractivity (Wildman–Crippen MR) is 130 cm³/mol. The maximum Gasteiger partial charge on any atom is 0.275 e. The Morgan fingerprint density at radius 3 is 1.94 bits per heavy atom. The second-order valence-electron chi connectivity index (χ2n) is 9.34. The van der Waals surface area contributed by atoms with E-state index in [4.69, 9.17) is 5.73 Å². The molecule has 2 unspecified atom stereocenters. The highest BCUT2D eigenvalue weighted by atomic mass is 16.2. The molecular weight excluding hydrogens is 410 g/mol. The molecule has 0 spiro atoms. The number of amides is 2. The molecule has 3 aromatic rings. The summed E-state index contributed by atoms with van der Waals surface area (Å²) in [6.45, 7) is 2.41. The van der Waals surface area contributed by atoms with Crippen LogP contribution in [0.1, 0.15) is 23.1 Å². The molecule has 3 aromatic carbocycles. The monoisotopic (exact) mass is 442 g/mol. The van der Waals surface area contributed by atoms with Gasteiger partial charge in [0.15, 0.2) is 6.54 Å². The third-order valence-corrected chi connectivity index (χ3v) is 7.00. The van der Waals surface area contributed by atoms with E-state index in [9.17, 15) is 9.59 Å². The Balaban J connectivity index is 1.57. The van der Waals surface area contributed by atoms with Crippen LogP contribution in [0.2, 0.25) is 0 Å². The quantitative estimate of drug-likeness (QED) is 0.526. The molecule has 0 aliphatic carbocycles. The van der Waals surface area contributed by atoms with E-state index < -0.39 is 5.41 Å². The summed E-state index contributed by atoms with van der Waals surface area (Å²) < 4.78 is 0.583. The zero-order chi connectivity index (χ0) is 23.3. The van der Waals surface area contributed by atoms with Crippen LogP contribution in [0, 0.1) is 5.92 Å². The first-order valence-electron chi connectivity index (χ1n) is 11.5. The second kappa shape index (κ2) is 9.59. The SMILES string of the molecule is C[N+]1(CC(=O)NCc2ccccc2)CCC(C(C(N)=O)(c2ccccc2)c2ccccc2)C1. The van der Waals surface area contributed by atoms with Crippen LogP contribution in [0.15, 0.2) is 91.0 Å². The zero-order valence-electron chi connectivity index (χ0n) is 19.1. The maximum atomic E-state index is 13.2. The van der Waals surface area contributed by atoms with Crippen LogP contribution in [0.5, 0.6) is 0 Å². The van der Waals surface area contributed by atoms with Gasteiger partial charge in [-0.25, -0.2) is 0 Å². The molecule has 33 heavy (non-hydrogen) atoms. The first kappa shape index (κ1) is 22.7. The number of nitrogens with two attached hydrogens (primary N) is 1. The Bertz CT molecular complexity index is 1050. The third kappa shape index (κ3) is 4.69. The standard InChI is InChI=1S/C28H31N3O2/c1-31(21-26(32)30-19-22-11-5-2-6-12-22)18-17-25(20-31)28(27(29)33,23-13-7-3-8-14-23)24-15-9-4-10-16-24/h2-16,25H,17-21H2,1H3,(H2-,29,30,32,33)/p+1. The van der Waals surface area contributed by atoms with Crippen LogP contribution in [0.4, 0.5) is 0 Å². The van der Waals surface area contributed by atoms with Gasteiger partial charge in [0, 0.05) is 18.9 Å². The van der Waals surface area contributed by atoms with Gasteiger partial charge in [-0.2, -0.15) is 0 Å². The summed E-state index contributed by atoms with van der Waals surface area (Å²) in [5, 5.41) is 3.04. The van der Waals surface area contributed by atoms with Crippen molar-refractivity contribution in [3.63, 3.8) is 0 Å². The Morgan fingerprint density at radius 2 is 1.42 bits per heavy atom. The lowest BCUT2D eigenvalue weighted by Gasteiger charge is -2.38. The van der Waals surface area contributed by atoms with Crippen molar-refractivity contribution in [3.05, 3.63) is 108 Å². The van der Waals surface area contributed by atoms with Gasteiger partial charge in [0.05, 0.1) is 20.1 Å². The fraction of sp³-hybridized carbons (Fsp3) is 0.286. The Hall–Kier alpha value is -3.44. The average Bonchev–Trinajstić information content (AvgIpc) is 3.21. The molecule has 5 nitrogen and oxygen atoms in total. The van der Waals surface area contributed by atoms with Crippen LogP contribution < -0.4 is 11.1 Å². The number of hydrogen-bond donors (Lipinski definition) is 2. The molecule has 2 amide bonds. The number of primary amides is 1. The van der Waals surface area contributed by atoms with E-state index in [2.05, 4.69) is 12.4 Å². The van der Waals surface area contributed by atoms with Crippen LogP contribution >= 0.6 is 0 Å². The molecule has 2 atom stereocenters. The van der Waals surface area contributed by atoms with Gasteiger partial charge >= 0.3 is 0 Å². The number of hydrogen-bond acceptors (Lipinski definition) is 2. The van der Waals surface area contributed by atoms with Gasteiger partial charge in [-0.1, -0.05) is 91.0 Å². The molecule has 0 saturated carbocycles. The number of nitrogens with zero attached hydrogens (tertiary/aromatic N) is 1. The van der Waals surface area contributed by atoms with Crippen molar-refractivity contribution in [2.75, 3.05) is 26.7 Å². The predicted octanol–water partition coefficient (Wildman–Crippen LogP) is 3.24. The molecule has 4 rings (SSSR count). The lowest BCUT2D eigenvalue weighted by molar-refractivity contribution is -0.891. The Morgan fingerprint density at radius 1 is 0.909 bits per heavy atom. The smallest absolute Gasteiger partial charge is 0.275 e. The summed E-state index contributed by atoms with van der Waals surface area (Å²) in [7, 11) is 2.10. The fourth-order valence-corrected chi connectivity index (χ4v) is 5.40. The number of carbonyl (C=O) groups is 2. The van der Waals surface area contributed by atoms with Crippen LogP contribution in [-0.2, 0) is 21.5 Å². The van der Waals surface area contributed by atoms with Gasteiger partial charge in [0.2, 0.25) is 5.91 Å². The van der Waals surface area contributed by atoms with Crippen LogP contribution in [0.25, 0.3) is 0 Å². The van der Waals surface area contributed by atoms with E-state index in [1.165, 1.54) is 0 Å². The minimum atomic E-state index is -0.932. The summed E-state index contributed by atoms with van der Waals surface area (Å²) in [5.74, 6) is -0.329. The topological polar surface area (TPSA) is 72.2 Å². The molecule has 0 aromatic heterocycles. The lowest BCUT2D eigenvalue weighted by Crippen LogP contribution is -2.53. The van der Waals surface area contributed by atoms with E-state index >= 15 is 0 Å². The third-order valence-electron chi connectivity index (χ3n) is 7.00. The van der Waals surface area contributed by atoms with Crippen molar-refractivity contribution in [3.8, 4) is 0 Å². The summed E-state index contributed by atoms with van der Waals surface area (Å²) in [6.07, 6.45) is 0.815. The van der Waals surface area contributed by atoms with Gasteiger partial charge in [-0.3, -0.25) is 9.59 Å². The number of rotatable bonds is 8. The summed E-state index contributed by atoms with van der Waals surface area (Å²) in [4.78, 5) is 26.0. The van der Waals surface area contributed by atoms with Crippen molar-refractivity contribution < 1.29 is 14.1 Å². The first-order chi connectivity index (χ1) is 15.9. The Labute approximate surface area is 195 Å². The van der Waals surface area contributed by atoms with E-state index in [-0.39, 0.29) is 17.7 Å². The molecule has 1 saturated heterocycles. The normalized spacial score (nSPS) is 20.3. The van der Waals surface area contributed by atoms with E-state index in [0.717, 1.165) is 29.7 Å². The number of carbonyl (C=O) groups excluding carboxylic acids is 2. The number of quaternary nitrogens is 1. The highest BCUT2D eigenvalue weighted by molar-refractivity contribution is 5.91.